The monoisotopic (exact) mass is 249 g/mol. The molecule has 4 nitrogen and oxygen atoms in total. The van der Waals surface area contributed by atoms with Crippen LogP contribution in [0.4, 0.5) is 0 Å². The number of aldehydes is 1. The molecule has 3 rings (SSSR count). The third kappa shape index (κ3) is 1.54. The molecule has 4 heteroatoms. The van der Waals surface area contributed by atoms with E-state index in [1.165, 1.54) is 0 Å². The first kappa shape index (κ1) is 12.1. The van der Waals surface area contributed by atoms with Gasteiger partial charge in [-0.1, -0.05) is 6.42 Å². The lowest BCUT2D eigenvalue weighted by Gasteiger charge is -2.45. The van der Waals surface area contributed by atoms with Crippen LogP contribution in [-0.4, -0.2) is 25.3 Å². The van der Waals surface area contributed by atoms with E-state index in [2.05, 4.69) is 6.07 Å². The van der Waals surface area contributed by atoms with Gasteiger partial charge in [-0.05, 0) is 24.7 Å². The third-order valence-electron chi connectivity index (χ3n) is 5.13. The highest BCUT2D eigenvalue weighted by atomic mass is 16.7. The molecule has 18 heavy (non-hydrogen) atoms. The van der Waals surface area contributed by atoms with E-state index in [0.29, 0.717) is 19.6 Å². The number of nitrogens with zero attached hydrogens (tertiary/aromatic N) is 1. The number of fused-ring (bicyclic) bond motifs is 2. The predicted octanol–water partition coefficient (Wildman–Crippen LogP) is 2.04. The van der Waals surface area contributed by atoms with Crippen molar-refractivity contribution in [3.8, 4) is 6.07 Å². The molecule has 0 N–H and O–H groups in total. The van der Waals surface area contributed by atoms with E-state index in [1.807, 2.05) is 0 Å². The summed E-state index contributed by atoms with van der Waals surface area (Å²) >= 11 is 0. The van der Waals surface area contributed by atoms with Crippen LogP contribution < -0.4 is 0 Å². The molecule has 1 spiro atoms. The maximum Gasteiger partial charge on any atom is 0.173 e. The molecule has 3 atom stereocenters. The van der Waals surface area contributed by atoms with E-state index in [-0.39, 0.29) is 17.3 Å². The van der Waals surface area contributed by atoms with Gasteiger partial charge in [0.05, 0.1) is 25.2 Å². The molecule has 0 aromatic rings. The van der Waals surface area contributed by atoms with Gasteiger partial charge in [0, 0.05) is 18.8 Å². The lowest BCUT2D eigenvalue weighted by molar-refractivity contribution is -0.209. The molecular weight excluding hydrogens is 230 g/mol. The number of carbonyl (C=O) groups is 1. The van der Waals surface area contributed by atoms with E-state index in [9.17, 15) is 10.1 Å². The van der Waals surface area contributed by atoms with E-state index >= 15 is 0 Å². The Morgan fingerprint density at radius 3 is 2.72 bits per heavy atom. The molecule has 98 valence electrons. The number of hydrogen-bond acceptors (Lipinski definition) is 4. The van der Waals surface area contributed by atoms with Crippen LogP contribution >= 0.6 is 0 Å². The van der Waals surface area contributed by atoms with Gasteiger partial charge >= 0.3 is 0 Å². The summed E-state index contributed by atoms with van der Waals surface area (Å²) in [4.78, 5) is 11.0. The quantitative estimate of drug-likeness (QED) is 0.703. The van der Waals surface area contributed by atoms with Gasteiger partial charge in [-0.25, -0.2) is 0 Å². The topological polar surface area (TPSA) is 59.3 Å². The van der Waals surface area contributed by atoms with Crippen LogP contribution in [0.25, 0.3) is 0 Å². The van der Waals surface area contributed by atoms with Gasteiger partial charge in [-0.2, -0.15) is 5.26 Å². The van der Waals surface area contributed by atoms with Crippen molar-refractivity contribution >= 4 is 6.29 Å². The normalized spacial score (nSPS) is 41.5. The van der Waals surface area contributed by atoms with E-state index in [1.54, 1.807) is 0 Å². The molecule has 2 aliphatic carbocycles. The predicted molar refractivity (Wildman–Crippen MR) is 63.4 cm³/mol. The molecule has 3 aliphatic rings. The van der Waals surface area contributed by atoms with Gasteiger partial charge in [0.1, 0.15) is 6.29 Å². The van der Waals surface area contributed by atoms with E-state index in [4.69, 9.17) is 9.47 Å². The lowest BCUT2D eigenvalue weighted by Crippen LogP contribution is -2.47. The Kier molecular flexibility index (Phi) is 2.91. The first-order chi connectivity index (χ1) is 8.76. The summed E-state index contributed by atoms with van der Waals surface area (Å²) in [7, 11) is 0. The third-order valence-corrected chi connectivity index (χ3v) is 5.13. The molecule has 1 aliphatic heterocycles. The Hall–Kier alpha value is -0.920. The standard InChI is InChI=1S/C14H19NO3/c15-10-11-2-1-3-13(6-7-16)4-5-14(12(11)13)17-8-9-18-14/h7,11-12H,1-6,8-9H2/t11-,12+,13+/m1/s1. The zero-order valence-corrected chi connectivity index (χ0v) is 10.6. The Morgan fingerprint density at radius 2 is 2.06 bits per heavy atom. The fourth-order valence-electron chi connectivity index (χ4n) is 4.49. The number of carbonyl (C=O) groups excluding carboxylic acids is 1. The van der Waals surface area contributed by atoms with Crippen molar-refractivity contribution in [1.29, 1.82) is 5.26 Å². The number of nitriles is 1. The van der Waals surface area contributed by atoms with Gasteiger partial charge in [0.15, 0.2) is 5.79 Å². The maximum absolute atomic E-state index is 11.0. The lowest BCUT2D eigenvalue weighted by atomic mass is 9.61. The van der Waals surface area contributed by atoms with Gasteiger partial charge in [0.25, 0.3) is 0 Å². The van der Waals surface area contributed by atoms with Crippen LogP contribution in [-0.2, 0) is 14.3 Å². The molecule has 0 amide bonds. The molecule has 0 unspecified atom stereocenters. The van der Waals surface area contributed by atoms with Crippen molar-refractivity contribution in [3.63, 3.8) is 0 Å². The molecule has 0 aromatic heterocycles. The van der Waals surface area contributed by atoms with E-state index < -0.39 is 5.79 Å². The van der Waals surface area contributed by atoms with E-state index in [0.717, 1.165) is 38.4 Å². The Bertz CT molecular complexity index is 383. The Balaban J connectivity index is 1.98. The SMILES string of the molecule is N#C[C@H]1CCC[C@@]2(CC=O)CCC3(OCCO3)[C@@H]12. The fourth-order valence-corrected chi connectivity index (χ4v) is 4.49. The second-order valence-corrected chi connectivity index (χ2v) is 5.85. The van der Waals surface area contributed by atoms with Crippen molar-refractivity contribution < 1.29 is 14.3 Å². The van der Waals surface area contributed by atoms with Crippen LogP contribution in [0.1, 0.15) is 38.5 Å². The largest absolute Gasteiger partial charge is 0.347 e. The molecule has 3 fully saturated rings. The second-order valence-electron chi connectivity index (χ2n) is 5.85. The Morgan fingerprint density at radius 1 is 1.28 bits per heavy atom. The zero-order valence-electron chi connectivity index (χ0n) is 10.6. The highest BCUT2D eigenvalue weighted by Gasteiger charge is 2.63. The van der Waals surface area contributed by atoms with Crippen LogP contribution in [0.3, 0.4) is 0 Å². The minimum absolute atomic E-state index is 0.0284. The van der Waals surface area contributed by atoms with Crippen molar-refractivity contribution in [2.75, 3.05) is 13.2 Å². The molecular formula is C14H19NO3. The minimum atomic E-state index is -0.566. The first-order valence-electron chi connectivity index (χ1n) is 6.87. The number of rotatable bonds is 2. The number of hydrogen-bond donors (Lipinski definition) is 0. The minimum Gasteiger partial charge on any atom is -0.347 e. The molecule has 2 saturated carbocycles. The van der Waals surface area contributed by atoms with Crippen molar-refractivity contribution in [3.05, 3.63) is 0 Å². The van der Waals surface area contributed by atoms with Crippen molar-refractivity contribution in [2.24, 2.45) is 17.3 Å². The van der Waals surface area contributed by atoms with Gasteiger partial charge in [-0.3, -0.25) is 0 Å². The van der Waals surface area contributed by atoms with Gasteiger partial charge in [0.2, 0.25) is 0 Å². The summed E-state index contributed by atoms with van der Waals surface area (Å²) in [6, 6.07) is 2.43. The average Bonchev–Trinajstić information content (AvgIpc) is 2.98. The summed E-state index contributed by atoms with van der Waals surface area (Å²) in [5.41, 5.74) is -0.0509. The second kappa shape index (κ2) is 4.32. The maximum atomic E-state index is 11.0. The van der Waals surface area contributed by atoms with Crippen LogP contribution in [0, 0.1) is 28.6 Å². The first-order valence-corrected chi connectivity index (χ1v) is 6.87. The summed E-state index contributed by atoms with van der Waals surface area (Å²) in [6.45, 7) is 1.23. The van der Waals surface area contributed by atoms with Crippen LogP contribution in [0.15, 0.2) is 0 Å². The zero-order chi connectivity index (χ0) is 12.6. The molecule has 1 saturated heterocycles. The van der Waals surface area contributed by atoms with Crippen LogP contribution in [0.5, 0.6) is 0 Å². The molecule has 0 radical (unpaired) electrons. The fraction of sp³-hybridized carbons (Fsp3) is 0.857. The highest BCUT2D eigenvalue weighted by Crippen LogP contribution is 2.62. The summed E-state index contributed by atoms with van der Waals surface area (Å²) in [6.07, 6.45) is 6.33. The smallest absolute Gasteiger partial charge is 0.173 e. The Labute approximate surface area is 107 Å². The summed E-state index contributed by atoms with van der Waals surface area (Å²) in [5.74, 6) is -0.514. The molecule has 0 bridgehead atoms. The van der Waals surface area contributed by atoms with Crippen molar-refractivity contribution in [1.82, 2.24) is 0 Å². The molecule has 1 heterocycles. The van der Waals surface area contributed by atoms with Crippen molar-refractivity contribution in [2.45, 2.75) is 44.3 Å². The summed E-state index contributed by atoms with van der Waals surface area (Å²) < 4.78 is 11.8. The molecule has 0 aromatic carbocycles. The van der Waals surface area contributed by atoms with Crippen LogP contribution in [0.2, 0.25) is 0 Å². The summed E-state index contributed by atoms with van der Waals surface area (Å²) in [5, 5.41) is 9.42. The van der Waals surface area contributed by atoms with Gasteiger partial charge < -0.3 is 14.3 Å². The average molecular weight is 249 g/mol. The van der Waals surface area contributed by atoms with Gasteiger partial charge in [-0.15, -0.1) is 0 Å². The highest BCUT2D eigenvalue weighted by molar-refractivity contribution is 5.51. The number of ether oxygens (including phenoxy) is 2.